The third-order valence-electron chi connectivity index (χ3n) is 10.1. The lowest BCUT2D eigenvalue weighted by Crippen LogP contribution is -2.00. The van der Waals surface area contributed by atoms with Crippen LogP contribution in [0.15, 0.2) is 188 Å². The van der Waals surface area contributed by atoms with E-state index in [2.05, 4.69) is 188 Å². The van der Waals surface area contributed by atoms with E-state index in [1.807, 2.05) is 0 Å². The summed E-state index contributed by atoms with van der Waals surface area (Å²) in [5.41, 5.74) is 7.52. The molecule has 0 fully saturated rings. The van der Waals surface area contributed by atoms with Crippen LogP contribution < -0.4 is 0 Å². The third kappa shape index (κ3) is 5.37. The summed E-state index contributed by atoms with van der Waals surface area (Å²) in [6.07, 6.45) is 0. The number of hydrogen-bond acceptors (Lipinski definition) is 3. The van der Waals surface area contributed by atoms with Crippen molar-refractivity contribution in [3.63, 3.8) is 0 Å². The molecule has 0 unspecified atom stereocenters. The van der Waals surface area contributed by atoms with Crippen LogP contribution in [0.1, 0.15) is 0 Å². The Kier molecular flexibility index (Phi) is 7.14. The molecule has 1 heterocycles. The third-order valence-corrected chi connectivity index (χ3v) is 10.1. The number of rotatable bonds is 5. The Morgan fingerprint density at radius 2 is 0.692 bits per heavy atom. The van der Waals surface area contributed by atoms with Gasteiger partial charge in [-0.3, -0.25) is 0 Å². The van der Waals surface area contributed by atoms with Crippen LogP contribution in [0.2, 0.25) is 0 Å². The largest absolute Gasteiger partial charge is 0.208 e. The number of nitrogens with zero attached hydrogens (tertiary/aromatic N) is 3. The van der Waals surface area contributed by atoms with Crippen LogP contribution in [0.5, 0.6) is 0 Å². The first-order valence-electron chi connectivity index (χ1n) is 17.6. The molecule has 0 radical (unpaired) electrons. The summed E-state index contributed by atoms with van der Waals surface area (Å²) in [6, 6.07) is 66.6. The summed E-state index contributed by atoms with van der Waals surface area (Å²) < 4.78 is 0. The lowest BCUT2D eigenvalue weighted by Gasteiger charge is -2.12. The molecular formula is C49H31N3. The van der Waals surface area contributed by atoms with Crippen molar-refractivity contribution in [2.75, 3.05) is 0 Å². The Morgan fingerprint density at radius 3 is 1.44 bits per heavy atom. The Bertz CT molecular complexity index is 2960. The fourth-order valence-corrected chi connectivity index (χ4v) is 7.39. The molecule has 0 amide bonds. The fraction of sp³-hybridized carbons (Fsp3) is 0. The maximum Gasteiger partial charge on any atom is 0.164 e. The lowest BCUT2D eigenvalue weighted by atomic mass is 9.96. The molecule has 52 heavy (non-hydrogen) atoms. The van der Waals surface area contributed by atoms with Gasteiger partial charge in [0.1, 0.15) is 0 Å². The molecule has 3 nitrogen and oxygen atoms in total. The average Bonchev–Trinajstić information content (AvgIpc) is 3.23. The highest BCUT2D eigenvalue weighted by molar-refractivity contribution is 6.08. The van der Waals surface area contributed by atoms with Gasteiger partial charge in [0, 0.05) is 16.7 Å². The van der Waals surface area contributed by atoms with Crippen molar-refractivity contribution in [1.29, 1.82) is 0 Å². The van der Waals surface area contributed by atoms with Crippen LogP contribution in [0.25, 0.3) is 99.5 Å². The zero-order valence-corrected chi connectivity index (χ0v) is 28.2. The normalized spacial score (nSPS) is 11.5. The lowest BCUT2D eigenvalue weighted by molar-refractivity contribution is 1.08. The zero-order valence-electron chi connectivity index (χ0n) is 28.2. The molecule has 9 aromatic carbocycles. The predicted octanol–water partition coefficient (Wildman–Crippen LogP) is 12.8. The average molecular weight is 662 g/mol. The van der Waals surface area contributed by atoms with Crippen molar-refractivity contribution in [3.8, 4) is 56.4 Å². The molecule has 0 saturated carbocycles. The Hall–Kier alpha value is -6.97. The van der Waals surface area contributed by atoms with Crippen molar-refractivity contribution in [3.05, 3.63) is 188 Å². The number of aromatic nitrogens is 3. The summed E-state index contributed by atoms with van der Waals surface area (Å²) >= 11 is 0. The number of benzene rings is 9. The molecule has 242 valence electrons. The Balaban J connectivity index is 1.09. The molecular weight excluding hydrogens is 631 g/mol. The first-order valence-corrected chi connectivity index (χ1v) is 17.6. The van der Waals surface area contributed by atoms with Gasteiger partial charge in [0.25, 0.3) is 0 Å². The van der Waals surface area contributed by atoms with Gasteiger partial charge in [0.15, 0.2) is 17.5 Å². The Labute approximate surface area is 301 Å². The highest BCUT2D eigenvalue weighted by Crippen LogP contribution is 2.34. The summed E-state index contributed by atoms with van der Waals surface area (Å²) in [6.45, 7) is 0. The Morgan fingerprint density at radius 1 is 0.231 bits per heavy atom. The highest BCUT2D eigenvalue weighted by Gasteiger charge is 2.15. The molecule has 0 N–H and O–H groups in total. The molecule has 0 bridgehead atoms. The molecule has 10 aromatic rings. The number of hydrogen-bond donors (Lipinski definition) is 0. The maximum atomic E-state index is 5.14. The van der Waals surface area contributed by atoms with Gasteiger partial charge in [0.2, 0.25) is 0 Å². The van der Waals surface area contributed by atoms with Gasteiger partial charge in [-0.2, -0.15) is 0 Å². The van der Waals surface area contributed by atoms with E-state index in [9.17, 15) is 0 Å². The second-order valence-corrected chi connectivity index (χ2v) is 13.3. The van der Waals surface area contributed by atoms with Crippen LogP contribution in [0, 0.1) is 0 Å². The standard InChI is InChI=1S/C49H31N3/c1-2-12-38-30-41(27-21-32(38)9-1)48-50-47(51-49(52-48)42-28-26-37-25-24-35-11-4-6-17-45(35)46(37)31-42)40-15-7-14-39(29-40)33-19-22-36(23-20-33)44-18-8-13-34-10-3-5-16-43(34)44/h1-31H. The van der Waals surface area contributed by atoms with E-state index in [0.717, 1.165) is 33.2 Å². The van der Waals surface area contributed by atoms with Gasteiger partial charge in [-0.05, 0) is 83.5 Å². The second kappa shape index (κ2) is 12.4. The smallest absolute Gasteiger partial charge is 0.164 e. The summed E-state index contributed by atoms with van der Waals surface area (Å²) in [5, 5.41) is 9.62. The topological polar surface area (TPSA) is 38.7 Å². The summed E-state index contributed by atoms with van der Waals surface area (Å²) in [4.78, 5) is 15.4. The van der Waals surface area contributed by atoms with Crippen LogP contribution in [-0.4, -0.2) is 15.0 Å². The molecule has 3 heteroatoms. The van der Waals surface area contributed by atoms with Crippen LogP contribution >= 0.6 is 0 Å². The van der Waals surface area contributed by atoms with Crippen molar-refractivity contribution < 1.29 is 0 Å². The minimum Gasteiger partial charge on any atom is -0.208 e. The molecule has 0 aliphatic heterocycles. The zero-order chi connectivity index (χ0) is 34.4. The van der Waals surface area contributed by atoms with E-state index in [0.29, 0.717) is 17.5 Å². The molecule has 0 aliphatic rings. The second-order valence-electron chi connectivity index (χ2n) is 13.3. The van der Waals surface area contributed by atoms with Gasteiger partial charge in [-0.15, -0.1) is 0 Å². The van der Waals surface area contributed by atoms with Gasteiger partial charge >= 0.3 is 0 Å². The van der Waals surface area contributed by atoms with Gasteiger partial charge in [0.05, 0.1) is 0 Å². The van der Waals surface area contributed by atoms with Gasteiger partial charge in [-0.25, -0.2) is 15.0 Å². The van der Waals surface area contributed by atoms with Crippen molar-refractivity contribution in [2.45, 2.75) is 0 Å². The van der Waals surface area contributed by atoms with Crippen molar-refractivity contribution in [2.24, 2.45) is 0 Å². The summed E-state index contributed by atoms with van der Waals surface area (Å²) in [5.74, 6) is 1.93. The molecule has 0 atom stereocenters. The molecule has 1 aromatic heterocycles. The van der Waals surface area contributed by atoms with E-state index in [4.69, 9.17) is 15.0 Å². The highest BCUT2D eigenvalue weighted by atomic mass is 15.0. The van der Waals surface area contributed by atoms with E-state index >= 15 is 0 Å². The fourth-order valence-electron chi connectivity index (χ4n) is 7.39. The minimum atomic E-state index is 0.639. The van der Waals surface area contributed by atoms with E-state index in [-0.39, 0.29) is 0 Å². The molecule has 10 rings (SSSR count). The molecule has 0 spiro atoms. The number of fused-ring (bicyclic) bond motifs is 5. The van der Waals surface area contributed by atoms with Crippen LogP contribution in [-0.2, 0) is 0 Å². The molecule has 0 saturated heterocycles. The van der Waals surface area contributed by atoms with E-state index in [1.165, 1.54) is 48.8 Å². The minimum absolute atomic E-state index is 0.639. The first kappa shape index (κ1) is 29.9. The monoisotopic (exact) mass is 661 g/mol. The molecule has 0 aliphatic carbocycles. The van der Waals surface area contributed by atoms with Crippen molar-refractivity contribution in [1.82, 2.24) is 15.0 Å². The van der Waals surface area contributed by atoms with Crippen molar-refractivity contribution >= 4 is 43.1 Å². The maximum absolute atomic E-state index is 5.14. The van der Waals surface area contributed by atoms with E-state index in [1.54, 1.807) is 0 Å². The van der Waals surface area contributed by atoms with Crippen LogP contribution in [0.3, 0.4) is 0 Å². The predicted molar refractivity (Wildman–Crippen MR) is 217 cm³/mol. The van der Waals surface area contributed by atoms with Gasteiger partial charge in [-0.1, -0.05) is 170 Å². The summed E-state index contributed by atoms with van der Waals surface area (Å²) in [7, 11) is 0. The quantitative estimate of drug-likeness (QED) is 0.172. The SMILES string of the molecule is c1cc(-c2ccc(-c3cccc4ccccc34)cc2)cc(-c2nc(-c3ccc4ccccc4c3)nc(-c3ccc4ccc5ccccc5c4c3)n2)c1. The first-order chi connectivity index (χ1) is 25.7. The van der Waals surface area contributed by atoms with E-state index < -0.39 is 0 Å². The van der Waals surface area contributed by atoms with Crippen LogP contribution in [0.4, 0.5) is 0 Å². The van der Waals surface area contributed by atoms with Gasteiger partial charge < -0.3 is 0 Å².